The van der Waals surface area contributed by atoms with Crippen LogP contribution in [0.2, 0.25) is 0 Å². The quantitative estimate of drug-likeness (QED) is 0.213. The fourth-order valence-electron chi connectivity index (χ4n) is 1.58. The van der Waals surface area contributed by atoms with Gasteiger partial charge in [-0.3, -0.25) is 9.59 Å². The third-order valence-corrected chi connectivity index (χ3v) is 6.51. The summed E-state index contributed by atoms with van der Waals surface area (Å²) in [6.07, 6.45) is 0.147. The normalized spacial score (nSPS) is 10.6. The van der Waals surface area contributed by atoms with E-state index in [1.807, 2.05) is 67.8 Å². The van der Waals surface area contributed by atoms with Gasteiger partial charge >= 0.3 is 5.97 Å². The highest BCUT2D eigenvalue weighted by molar-refractivity contribution is 14.1. The van der Waals surface area contributed by atoms with Gasteiger partial charge in [0.2, 0.25) is 17.1 Å². The van der Waals surface area contributed by atoms with E-state index in [4.69, 9.17) is 21.8 Å². The Labute approximate surface area is 202 Å². The number of hydrogen-bond acceptors (Lipinski definition) is 5. The summed E-state index contributed by atoms with van der Waals surface area (Å²) in [5.41, 5.74) is 0.957. The molecular weight excluding hydrogens is 720 g/mol. The molecule has 8 nitrogen and oxygen atoms in total. The number of nitrogens with zero attached hydrogens (tertiary/aromatic N) is 1. The Bertz CT molecular complexity index is 752. The molecule has 0 aromatic heterocycles. The molecule has 0 aliphatic rings. The standard InChI is InChI=1S/C12H11I3N2O4.C3H7ClO2/c1-4(18)16-10-7(13)6(12(20)21)8(14)11(9(10)15)17(3)5(2)19;1-2-3(4,5)6/h1-3H3,(H,16,18)(H,20,21);5-6H,2H2,1H3. The maximum absolute atomic E-state index is 11.6. The van der Waals surface area contributed by atoms with Crippen LogP contribution in [0.5, 0.6) is 0 Å². The first kappa shape index (κ1) is 27.0. The molecule has 0 aliphatic carbocycles. The molecule has 0 saturated carbocycles. The summed E-state index contributed by atoms with van der Waals surface area (Å²) in [7, 11) is 1.57. The van der Waals surface area contributed by atoms with Gasteiger partial charge in [-0.25, -0.2) is 4.79 Å². The number of alkyl halides is 1. The van der Waals surface area contributed by atoms with Crippen molar-refractivity contribution in [1.29, 1.82) is 0 Å². The Morgan fingerprint density at radius 3 is 1.85 bits per heavy atom. The van der Waals surface area contributed by atoms with E-state index in [1.165, 1.54) is 18.7 Å². The maximum Gasteiger partial charge on any atom is 0.338 e. The monoisotopic (exact) mass is 738 g/mol. The van der Waals surface area contributed by atoms with E-state index >= 15 is 0 Å². The van der Waals surface area contributed by atoms with Crippen LogP contribution in [0.25, 0.3) is 0 Å². The van der Waals surface area contributed by atoms with E-state index in [0.29, 0.717) is 22.1 Å². The number of halogens is 4. The van der Waals surface area contributed by atoms with Gasteiger partial charge in [-0.1, -0.05) is 18.5 Å². The number of amides is 2. The number of rotatable bonds is 4. The first-order chi connectivity index (χ1) is 12.2. The number of carboxylic acids is 1. The first-order valence-electron chi connectivity index (χ1n) is 7.24. The molecule has 27 heavy (non-hydrogen) atoms. The molecule has 4 N–H and O–H groups in total. The number of benzene rings is 1. The number of anilines is 2. The maximum atomic E-state index is 11.6. The summed E-state index contributed by atoms with van der Waals surface area (Å²) in [5, 5.41) is 26.4. The Morgan fingerprint density at radius 1 is 1.11 bits per heavy atom. The van der Waals surface area contributed by atoms with Gasteiger partial charge in [-0.15, -0.1) is 0 Å². The van der Waals surface area contributed by atoms with Gasteiger partial charge in [-0.05, 0) is 67.8 Å². The average Bonchev–Trinajstić information content (AvgIpc) is 2.50. The minimum atomic E-state index is -1.99. The second-order valence-electron chi connectivity index (χ2n) is 5.18. The SMILES string of the molecule is CC(=O)Nc1c(I)c(C(=O)O)c(I)c(N(C)C(C)=O)c1I.CCC(O)(O)Cl. The number of aliphatic hydroxyl groups is 2. The van der Waals surface area contributed by atoms with Gasteiger partial charge in [0.25, 0.3) is 0 Å². The predicted molar refractivity (Wildman–Crippen MR) is 128 cm³/mol. The highest BCUT2D eigenvalue weighted by atomic mass is 127. The van der Waals surface area contributed by atoms with E-state index in [9.17, 15) is 19.5 Å². The third-order valence-electron chi connectivity index (χ3n) is 3.07. The number of carbonyl (C=O) groups is 3. The third kappa shape index (κ3) is 8.12. The molecule has 0 radical (unpaired) electrons. The molecule has 0 unspecified atom stereocenters. The van der Waals surface area contributed by atoms with Crippen molar-refractivity contribution in [3.8, 4) is 0 Å². The zero-order valence-corrected chi connectivity index (χ0v) is 22.0. The van der Waals surface area contributed by atoms with E-state index in [0.717, 1.165) is 0 Å². The number of hydrogen-bond donors (Lipinski definition) is 4. The minimum absolute atomic E-state index is 0.0727. The van der Waals surface area contributed by atoms with Gasteiger partial charge in [0.15, 0.2) is 0 Å². The lowest BCUT2D eigenvalue weighted by atomic mass is 10.1. The lowest BCUT2D eigenvalue weighted by molar-refractivity contribution is -0.116. The average molecular weight is 738 g/mol. The zero-order valence-electron chi connectivity index (χ0n) is 14.7. The van der Waals surface area contributed by atoms with Gasteiger partial charge < -0.3 is 25.5 Å². The Kier molecular flexibility index (Phi) is 11.3. The molecule has 0 atom stereocenters. The molecule has 152 valence electrons. The summed E-state index contributed by atoms with van der Waals surface area (Å²) in [6.45, 7) is 4.31. The number of carbonyl (C=O) groups excluding carboxylic acids is 2. The van der Waals surface area contributed by atoms with E-state index in [1.54, 1.807) is 14.0 Å². The zero-order chi connectivity index (χ0) is 21.7. The van der Waals surface area contributed by atoms with Crippen molar-refractivity contribution in [2.75, 3.05) is 17.3 Å². The van der Waals surface area contributed by atoms with Crippen LogP contribution in [0.3, 0.4) is 0 Å². The van der Waals surface area contributed by atoms with E-state index in [-0.39, 0.29) is 23.8 Å². The number of aromatic carboxylic acids is 1. The molecule has 0 heterocycles. The molecular formula is C15H18ClI3N2O6. The van der Waals surface area contributed by atoms with Crippen molar-refractivity contribution < 1.29 is 29.7 Å². The highest BCUT2D eigenvalue weighted by Crippen LogP contribution is 2.40. The van der Waals surface area contributed by atoms with Crippen LogP contribution < -0.4 is 10.2 Å². The number of nitrogens with one attached hydrogen (secondary N) is 1. The fraction of sp³-hybridized carbons (Fsp3) is 0.400. The van der Waals surface area contributed by atoms with Crippen molar-refractivity contribution in [1.82, 2.24) is 0 Å². The van der Waals surface area contributed by atoms with Crippen molar-refractivity contribution in [3.05, 3.63) is 16.3 Å². The summed E-state index contributed by atoms with van der Waals surface area (Å²) < 4.78 is 1.52. The minimum Gasteiger partial charge on any atom is -0.478 e. The molecule has 1 aromatic rings. The van der Waals surface area contributed by atoms with Crippen molar-refractivity contribution in [2.24, 2.45) is 0 Å². The Morgan fingerprint density at radius 2 is 1.56 bits per heavy atom. The van der Waals surface area contributed by atoms with Gasteiger partial charge in [-0.2, -0.15) is 0 Å². The lowest BCUT2D eigenvalue weighted by Gasteiger charge is -2.23. The summed E-state index contributed by atoms with van der Waals surface area (Å²) >= 11 is 10.6. The van der Waals surface area contributed by atoms with Crippen LogP contribution in [0, 0.1) is 10.7 Å². The van der Waals surface area contributed by atoms with Crippen molar-refractivity contribution in [2.45, 2.75) is 32.4 Å². The van der Waals surface area contributed by atoms with Crippen LogP contribution >= 0.6 is 79.4 Å². The van der Waals surface area contributed by atoms with Crippen molar-refractivity contribution >= 4 is 109 Å². The van der Waals surface area contributed by atoms with E-state index in [2.05, 4.69) is 5.32 Å². The van der Waals surface area contributed by atoms with Crippen LogP contribution in [-0.2, 0) is 9.59 Å². The highest BCUT2D eigenvalue weighted by Gasteiger charge is 2.27. The fourth-order valence-corrected chi connectivity index (χ4v) is 6.20. The van der Waals surface area contributed by atoms with Crippen molar-refractivity contribution in [3.63, 3.8) is 0 Å². The van der Waals surface area contributed by atoms with Gasteiger partial charge in [0.1, 0.15) is 0 Å². The Hall–Kier alpha value is 0.0300. The second kappa shape index (κ2) is 11.3. The molecule has 1 aromatic carbocycles. The molecule has 0 bridgehead atoms. The molecule has 0 aliphatic heterocycles. The molecule has 0 fully saturated rings. The topological polar surface area (TPSA) is 127 Å². The summed E-state index contributed by atoms with van der Waals surface area (Å²) in [6, 6.07) is 0. The summed E-state index contributed by atoms with van der Waals surface area (Å²) in [5.74, 6) is -1.64. The van der Waals surface area contributed by atoms with Crippen LogP contribution in [-0.4, -0.2) is 45.4 Å². The Balaban J connectivity index is 0.000000972. The van der Waals surface area contributed by atoms with Crippen LogP contribution in [0.15, 0.2) is 0 Å². The predicted octanol–water partition coefficient (Wildman–Crippen LogP) is 3.41. The van der Waals surface area contributed by atoms with E-state index < -0.39 is 11.2 Å². The number of carboxylic acid groups (broad SMARTS) is 1. The summed E-state index contributed by atoms with van der Waals surface area (Å²) in [4.78, 5) is 35.9. The van der Waals surface area contributed by atoms with Gasteiger partial charge in [0, 0.05) is 27.3 Å². The second-order valence-corrected chi connectivity index (χ2v) is 9.02. The molecule has 12 heteroatoms. The molecule has 0 spiro atoms. The molecule has 1 rings (SSSR count). The lowest BCUT2D eigenvalue weighted by Crippen LogP contribution is -2.27. The molecule has 2 amide bonds. The van der Waals surface area contributed by atoms with Crippen LogP contribution in [0.4, 0.5) is 11.4 Å². The first-order valence-corrected chi connectivity index (χ1v) is 10.9. The smallest absolute Gasteiger partial charge is 0.338 e. The van der Waals surface area contributed by atoms with Crippen LogP contribution in [0.1, 0.15) is 37.6 Å². The largest absolute Gasteiger partial charge is 0.478 e. The van der Waals surface area contributed by atoms with Gasteiger partial charge in [0.05, 0.1) is 27.6 Å². The molecule has 0 saturated heterocycles.